The van der Waals surface area contributed by atoms with E-state index in [1.165, 1.54) is 6.26 Å². The molecule has 0 saturated heterocycles. The molecule has 0 spiro atoms. The molecule has 1 rings (SSSR count). The summed E-state index contributed by atoms with van der Waals surface area (Å²) in [4.78, 5) is 4.31. The van der Waals surface area contributed by atoms with E-state index in [-0.39, 0.29) is 11.8 Å². The summed E-state index contributed by atoms with van der Waals surface area (Å²) in [5.41, 5.74) is 0.885. The van der Waals surface area contributed by atoms with Crippen molar-refractivity contribution in [2.45, 2.75) is 26.8 Å². The number of nitrogens with one attached hydrogen (secondary N) is 1. The Morgan fingerprint density at radius 2 is 2.19 bits per heavy atom. The smallest absolute Gasteiger partial charge is 0.203 e. The number of anilines is 1. The van der Waals surface area contributed by atoms with Gasteiger partial charge in [0.25, 0.3) is 0 Å². The lowest BCUT2D eigenvalue weighted by Crippen LogP contribution is -2.18. The van der Waals surface area contributed by atoms with E-state index in [9.17, 15) is 8.42 Å². The number of rotatable bonds is 5. The zero-order valence-corrected chi connectivity index (χ0v) is 11.0. The number of aromatic nitrogens is 2. The highest BCUT2D eigenvalue weighted by atomic mass is 32.2. The molecule has 0 aliphatic heterocycles. The van der Waals surface area contributed by atoms with Crippen LogP contribution in [0.3, 0.4) is 0 Å². The first-order valence-electron chi connectivity index (χ1n) is 5.30. The summed E-state index contributed by atoms with van der Waals surface area (Å²) in [5, 5.41) is 3.12. The van der Waals surface area contributed by atoms with Crippen LogP contribution < -0.4 is 5.32 Å². The van der Waals surface area contributed by atoms with Gasteiger partial charge in [0.05, 0.1) is 11.4 Å². The van der Waals surface area contributed by atoms with Crippen molar-refractivity contribution in [2.75, 3.05) is 23.9 Å². The molecule has 6 heteroatoms. The monoisotopic (exact) mass is 245 g/mol. The third-order valence-electron chi connectivity index (χ3n) is 2.21. The molecule has 0 fully saturated rings. The zero-order valence-electron chi connectivity index (χ0n) is 10.2. The molecule has 92 valence electrons. The minimum absolute atomic E-state index is 0.106. The lowest BCUT2D eigenvalue weighted by molar-refractivity contribution is 0.564. The fourth-order valence-corrected chi connectivity index (χ4v) is 2.70. The number of hydrogen-bond acceptors (Lipinski definition) is 4. The number of imidazole rings is 1. The Morgan fingerprint density at radius 1 is 1.56 bits per heavy atom. The second-order valence-corrected chi connectivity index (χ2v) is 6.27. The third kappa shape index (κ3) is 3.52. The minimum atomic E-state index is -2.97. The van der Waals surface area contributed by atoms with E-state index in [1.807, 2.05) is 31.5 Å². The van der Waals surface area contributed by atoms with E-state index in [0.29, 0.717) is 0 Å². The van der Waals surface area contributed by atoms with E-state index < -0.39 is 9.84 Å². The van der Waals surface area contributed by atoms with Gasteiger partial charge in [-0.3, -0.25) is 0 Å². The molecule has 0 bridgehead atoms. The third-order valence-corrected chi connectivity index (χ3v) is 3.29. The average molecular weight is 245 g/mol. The Labute approximate surface area is 96.8 Å². The number of nitrogens with zero attached hydrogens (tertiary/aromatic N) is 2. The van der Waals surface area contributed by atoms with E-state index in [0.717, 1.165) is 18.2 Å². The largest absolute Gasteiger partial charge is 0.356 e. The van der Waals surface area contributed by atoms with Crippen LogP contribution in [-0.4, -0.2) is 36.5 Å². The summed E-state index contributed by atoms with van der Waals surface area (Å²) in [6.45, 7) is 6.52. The maximum absolute atomic E-state index is 11.2. The van der Waals surface area contributed by atoms with Crippen LogP contribution in [0.1, 0.15) is 25.6 Å². The van der Waals surface area contributed by atoms with Crippen LogP contribution in [0.5, 0.6) is 0 Å². The molecule has 1 N–H and O–H groups in total. The molecule has 0 radical (unpaired) electrons. The van der Waals surface area contributed by atoms with E-state index >= 15 is 0 Å². The van der Waals surface area contributed by atoms with Crippen LogP contribution in [0.25, 0.3) is 0 Å². The second-order valence-electron chi connectivity index (χ2n) is 4.08. The Kier molecular flexibility index (Phi) is 3.96. The minimum Gasteiger partial charge on any atom is -0.356 e. The van der Waals surface area contributed by atoms with Crippen molar-refractivity contribution in [2.24, 2.45) is 0 Å². The van der Waals surface area contributed by atoms with Gasteiger partial charge in [-0.1, -0.05) is 0 Å². The highest BCUT2D eigenvalue weighted by Crippen LogP contribution is 2.17. The van der Waals surface area contributed by atoms with Crippen molar-refractivity contribution in [3.05, 3.63) is 11.9 Å². The highest BCUT2D eigenvalue weighted by Gasteiger charge is 2.15. The molecule has 1 aromatic rings. The Balaban J connectivity index is 2.93. The van der Waals surface area contributed by atoms with Crippen molar-refractivity contribution < 1.29 is 8.42 Å². The van der Waals surface area contributed by atoms with Crippen LogP contribution in [0, 0.1) is 6.92 Å². The van der Waals surface area contributed by atoms with Crippen LogP contribution in [-0.2, 0) is 9.84 Å². The standard InChI is InChI=1S/C10H19N3O2S/c1-5-11-10-12-8(2)6-13(10)9(3)7-16(4,14)15/h6,9H,5,7H2,1-4H3,(H,11,12). The van der Waals surface area contributed by atoms with Crippen molar-refractivity contribution in [1.29, 1.82) is 0 Å². The van der Waals surface area contributed by atoms with Gasteiger partial charge in [0, 0.05) is 25.0 Å². The lowest BCUT2D eigenvalue weighted by Gasteiger charge is -2.15. The Hall–Kier alpha value is -1.04. The molecule has 0 aromatic carbocycles. The summed E-state index contributed by atoms with van der Waals surface area (Å²) < 4.78 is 24.3. The van der Waals surface area contributed by atoms with Crippen molar-refractivity contribution in [3.63, 3.8) is 0 Å². The van der Waals surface area contributed by atoms with Crippen LogP contribution in [0.2, 0.25) is 0 Å². The molecule has 16 heavy (non-hydrogen) atoms. The predicted molar refractivity (Wildman–Crippen MR) is 65.5 cm³/mol. The Bertz CT molecular complexity index is 451. The summed E-state index contributed by atoms with van der Waals surface area (Å²) >= 11 is 0. The molecule has 0 saturated carbocycles. The van der Waals surface area contributed by atoms with Gasteiger partial charge in [-0.2, -0.15) is 0 Å². The first-order chi connectivity index (χ1) is 7.33. The van der Waals surface area contributed by atoms with Gasteiger partial charge in [-0.25, -0.2) is 13.4 Å². The fourth-order valence-electron chi connectivity index (χ4n) is 1.66. The summed E-state index contributed by atoms with van der Waals surface area (Å²) in [6.07, 6.45) is 3.12. The predicted octanol–water partition coefficient (Wildman–Crippen LogP) is 1.23. The molecule has 5 nitrogen and oxygen atoms in total. The molecule has 1 atom stereocenters. The lowest BCUT2D eigenvalue weighted by atomic mass is 10.4. The normalized spacial score (nSPS) is 13.8. The van der Waals surface area contributed by atoms with Gasteiger partial charge < -0.3 is 9.88 Å². The maximum Gasteiger partial charge on any atom is 0.203 e. The van der Waals surface area contributed by atoms with E-state index in [1.54, 1.807) is 0 Å². The molecule has 1 unspecified atom stereocenters. The maximum atomic E-state index is 11.2. The van der Waals surface area contributed by atoms with Gasteiger partial charge in [-0.05, 0) is 20.8 Å². The van der Waals surface area contributed by atoms with Gasteiger partial charge >= 0.3 is 0 Å². The second kappa shape index (κ2) is 4.86. The first kappa shape index (κ1) is 13.0. The SMILES string of the molecule is CCNc1nc(C)cn1C(C)CS(C)(=O)=O. The van der Waals surface area contributed by atoms with Gasteiger partial charge in [-0.15, -0.1) is 0 Å². The number of hydrogen-bond donors (Lipinski definition) is 1. The number of aryl methyl sites for hydroxylation is 1. The Morgan fingerprint density at radius 3 is 2.69 bits per heavy atom. The molecular weight excluding hydrogens is 226 g/mol. The first-order valence-corrected chi connectivity index (χ1v) is 7.36. The van der Waals surface area contributed by atoms with E-state index in [4.69, 9.17) is 0 Å². The topological polar surface area (TPSA) is 64.0 Å². The van der Waals surface area contributed by atoms with Crippen molar-refractivity contribution >= 4 is 15.8 Å². The molecular formula is C10H19N3O2S. The highest BCUT2D eigenvalue weighted by molar-refractivity contribution is 7.90. The van der Waals surface area contributed by atoms with Crippen LogP contribution >= 0.6 is 0 Å². The summed E-state index contributed by atoms with van der Waals surface area (Å²) in [5.74, 6) is 0.859. The van der Waals surface area contributed by atoms with Crippen LogP contribution in [0.15, 0.2) is 6.20 Å². The summed E-state index contributed by atoms with van der Waals surface area (Å²) in [7, 11) is -2.97. The van der Waals surface area contributed by atoms with E-state index in [2.05, 4.69) is 10.3 Å². The van der Waals surface area contributed by atoms with Crippen LogP contribution in [0.4, 0.5) is 5.95 Å². The molecule has 1 heterocycles. The van der Waals surface area contributed by atoms with Gasteiger partial charge in [0.15, 0.2) is 0 Å². The van der Waals surface area contributed by atoms with Gasteiger partial charge in [0.2, 0.25) is 5.95 Å². The van der Waals surface area contributed by atoms with Crippen molar-refractivity contribution in [3.8, 4) is 0 Å². The zero-order chi connectivity index (χ0) is 12.3. The van der Waals surface area contributed by atoms with Gasteiger partial charge in [0.1, 0.15) is 9.84 Å². The molecule has 0 aliphatic rings. The molecule has 0 aliphatic carbocycles. The quantitative estimate of drug-likeness (QED) is 0.847. The average Bonchev–Trinajstić information content (AvgIpc) is 2.44. The molecule has 1 aromatic heterocycles. The van der Waals surface area contributed by atoms with Crippen molar-refractivity contribution in [1.82, 2.24) is 9.55 Å². The summed E-state index contributed by atoms with van der Waals surface area (Å²) in [6, 6.07) is -0.106. The number of sulfone groups is 1. The fraction of sp³-hybridized carbons (Fsp3) is 0.700. The molecule has 0 amide bonds.